The molecule has 1 atom stereocenters. The van der Waals surface area contributed by atoms with Crippen LogP contribution in [0.2, 0.25) is 0 Å². The summed E-state index contributed by atoms with van der Waals surface area (Å²) >= 11 is 4.77. The quantitative estimate of drug-likeness (QED) is 0.892. The lowest BCUT2D eigenvalue weighted by molar-refractivity contribution is 0.547. The third kappa shape index (κ3) is 2.96. The Balaban J connectivity index is 2.37. The lowest BCUT2D eigenvalue weighted by Crippen LogP contribution is -2.23. The molecule has 0 spiro atoms. The van der Waals surface area contributed by atoms with Gasteiger partial charge >= 0.3 is 0 Å². The number of thiazole rings is 1. The molecular formula is C13H14BrFN2S. The largest absolute Gasteiger partial charge is 0.305 e. The van der Waals surface area contributed by atoms with E-state index in [0.29, 0.717) is 10.0 Å². The summed E-state index contributed by atoms with van der Waals surface area (Å²) < 4.78 is 14.7. The molecule has 1 aromatic carbocycles. The molecule has 2 rings (SSSR count). The molecule has 1 N–H and O–H groups in total. The molecule has 0 aliphatic rings. The lowest BCUT2D eigenvalue weighted by Gasteiger charge is -2.18. The van der Waals surface area contributed by atoms with Gasteiger partial charge in [-0.25, -0.2) is 4.39 Å². The molecule has 0 bridgehead atoms. The standard InChI is InChI=1S/C13H14BrFN2S/c1-2-6-17-13(11-7-16-8-18-11)9-4-3-5-10(14)12(9)15/h3-5,7-8,13,17H,2,6H2,1H3. The van der Waals surface area contributed by atoms with E-state index < -0.39 is 0 Å². The topological polar surface area (TPSA) is 24.9 Å². The van der Waals surface area contributed by atoms with Gasteiger partial charge in [-0.2, -0.15) is 0 Å². The maximum atomic E-state index is 14.2. The van der Waals surface area contributed by atoms with Crippen LogP contribution in [0.4, 0.5) is 4.39 Å². The highest BCUT2D eigenvalue weighted by atomic mass is 79.9. The Kier molecular flexibility index (Phi) is 4.86. The molecule has 18 heavy (non-hydrogen) atoms. The van der Waals surface area contributed by atoms with Gasteiger partial charge in [-0.15, -0.1) is 11.3 Å². The summed E-state index contributed by atoms with van der Waals surface area (Å²) in [6.45, 7) is 2.93. The van der Waals surface area contributed by atoms with E-state index in [1.54, 1.807) is 17.8 Å². The van der Waals surface area contributed by atoms with Crippen molar-refractivity contribution in [3.8, 4) is 0 Å². The number of halogens is 2. The Labute approximate surface area is 118 Å². The minimum atomic E-state index is -0.209. The second-order valence-electron chi connectivity index (χ2n) is 3.93. The predicted octanol–water partition coefficient (Wildman–Crippen LogP) is 4.13. The fraction of sp³-hybridized carbons (Fsp3) is 0.308. The minimum absolute atomic E-state index is 0.130. The summed E-state index contributed by atoms with van der Waals surface area (Å²) in [4.78, 5) is 5.10. The molecule has 2 aromatic rings. The van der Waals surface area contributed by atoms with Crippen LogP contribution in [-0.2, 0) is 0 Å². The van der Waals surface area contributed by atoms with Crippen LogP contribution in [0.25, 0.3) is 0 Å². The number of aromatic nitrogens is 1. The van der Waals surface area contributed by atoms with Crippen LogP contribution < -0.4 is 5.32 Å². The summed E-state index contributed by atoms with van der Waals surface area (Å²) in [5.74, 6) is -0.209. The zero-order chi connectivity index (χ0) is 13.0. The van der Waals surface area contributed by atoms with Crippen molar-refractivity contribution in [3.63, 3.8) is 0 Å². The Morgan fingerprint density at radius 1 is 1.50 bits per heavy atom. The maximum Gasteiger partial charge on any atom is 0.142 e. The highest BCUT2D eigenvalue weighted by Crippen LogP contribution is 2.30. The van der Waals surface area contributed by atoms with E-state index in [0.717, 1.165) is 17.8 Å². The summed E-state index contributed by atoms with van der Waals surface area (Å²) in [5.41, 5.74) is 2.42. The molecule has 2 nitrogen and oxygen atoms in total. The van der Waals surface area contributed by atoms with E-state index in [1.165, 1.54) is 11.3 Å². The van der Waals surface area contributed by atoms with Gasteiger partial charge in [0.2, 0.25) is 0 Å². The van der Waals surface area contributed by atoms with Gasteiger partial charge in [0.15, 0.2) is 0 Å². The van der Waals surface area contributed by atoms with Gasteiger partial charge in [0.05, 0.1) is 16.0 Å². The third-order valence-corrected chi connectivity index (χ3v) is 4.08. The predicted molar refractivity (Wildman–Crippen MR) is 76.4 cm³/mol. The smallest absolute Gasteiger partial charge is 0.142 e. The van der Waals surface area contributed by atoms with Gasteiger partial charge in [0, 0.05) is 16.6 Å². The fourth-order valence-electron chi connectivity index (χ4n) is 1.76. The zero-order valence-corrected chi connectivity index (χ0v) is 12.4. The van der Waals surface area contributed by atoms with Crippen LogP contribution in [-0.4, -0.2) is 11.5 Å². The average molecular weight is 329 g/mol. The van der Waals surface area contributed by atoms with Crippen molar-refractivity contribution >= 4 is 27.3 Å². The van der Waals surface area contributed by atoms with E-state index in [1.807, 2.05) is 12.1 Å². The zero-order valence-electron chi connectivity index (χ0n) is 9.99. The van der Waals surface area contributed by atoms with Crippen LogP contribution in [0.1, 0.15) is 29.8 Å². The number of benzene rings is 1. The van der Waals surface area contributed by atoms with Crippen LogP contribution in [0.15, 0.2) is 34.4 Å². The molecule has 0 saturated heterocycles. The molecule has 0 fully saturated rings. The summed E-state index contributed by atoms with van der Waals surface area (Å²) in [5, 5.41) is 3.37. The SMILES string of the molecule is CCCNC(c1cncs1)c1cccc(Br)c1F. The second kappa shape index (κ2) is 6.41. The summed E-state index contributed by atoms with van der Waals surface area (Å²) in [6.07, 6.45) is 2.79. The van der Waals surface area contributed by atoms with Crippen molar-refractivity contribution in [2.75, 3.05) is 6.54 Å². The van der Waals surface area contributed by atoms with E-state index in [4.69, 9.17) is 0 Å². The molecule has 0 amide bonds. The van der Waals surface area contributed by atoms with Crippen molar-refractivity contribution in [2.45, 2.75) is 19.4 Å². The van der Waals surface area contributed by atoms with Gasteiger partial charge in [-0.05, 0) is 35.0 Å². The van der Waals surface area contributed by atoms with E-state index >= 15 is 0 Å². The van der Waals surface area contributed by atoms with Crippen LogP contribution >= 0.6 is 27.3 Å². The van der Waals surface area contributed by atoms with Crippen molar-refractivity contribution in [1.82, 2.24) is 10.3 Å². The van der Waals surface area contributed by atoms with Crippen LogP contribution in [0.3, 0.4) is 0 Å². The van der Waals surface area contributed by atoms with Crippen molar-refractivity contribution < 1.29 is 4.39 Å². The van der Waals surface area contributed by atoms with E-state index in [-0.39, 0.29) is 11.9 Å². The number of nitrogens with one attached hydrogen (secondary N) is 1. The van der Waals surface area contributed by atoms with Gasteiger partial charge < -0.3 is 5.32 Å². The van der Waals surface area contributed by atoms with Crippen LogP contribution in [0, 0.1) is 5.82 Å². The van der Waals surface area contributed by atoms with Crippen molar-refractivity contribution in [2.24, 2.45) is 0 Å². The molecule has 0 saturated carbocycles. The second-order valence-corrected chi connectivity index (χ2v) is 5.71. The highest BCUT2D eigenvalue weighted by molar-refractivity contribution is 9.10. The fourth-order valence-corrected chi connectivity index (χ4v) is 2.86. The van der Waals surface area contributed by atoms with E-state index in [9.17, 15) is 4.39 Å². The number of nitrogens with zero attached hydrogens (tertiary/aromatic N) is 1. The van der Waals surface area contributed by atoms with Gasteiger partial charge in [-0.3, -0.25) is 4.98 Å². The first kappa shape index (κ1) is 13.6. The Hall–Kier alpha value is -0.780. The Morgan fingerprint density at radius 3 is 3.00 bits per heavy atom. The van der Waals surface area contributed by atoms with Crippen LogP contribution in [0.5, 0.6) is 0 Å². The molecule has 1 aromatic heterocycles. The first-order chi connectivity index (χ1) is 8.74. The first-order valence-electron chi connectivity index (χ1n) is 5.79. The number of hydrogen-bond donors (Lipinski definition) is 1. The van der Waals surface area contributed by atoms with Gasteiger partial charge in [0.25, 0.3) is 0 Å². The number of rotatable bonds is 5. The van der Waals surface area contributed by atoms with Crippen molar-refractivity contribution in [3.05, 3.63) is 50.6 Å². The molecule has 96 valence electrons. The highest BCUT2D eigenvalue weighted by Gasteiger charge is 2.19. The first-order valence-corrected chi connectivity index (χ1v) is 7.47. The molecular weight excluding hydrogens is 315 g/mol. The Morgan fingerprint density at radius 2 is 2.33 bits per heavy atom. The van der Waals surface area contributed by atoms with E-state index in [2.05, 4.69) is 33.2 Å². The van der Waals surface area contributed by atoms with Crippen molar-refractivity contribution in [1.29, 1.82) is 0 Å². The monoisotopic (exact) mass is 328 g/mol. The molecule has 0 aliphatic carbocycles. The maximum absolute atomic E-state index is 14.2. The molecule has 0 radical (unpaired) electrons. The summed E-state index contributed by atoms with van der Waals surface area (Å²) in [7, 11) is 0. The third-order valence-electron chi connectivity index (χ3n) is 2.63. The molecule has 1 heterocycles. The molecule has 5 heteroatoms. The van der Waals surface area contributed by atoms with Gasteiger partial charge in [0.1, 0.15) is 5.82 Å². The normalized spacial score (nSPS) is 12.6. The lowest BCUT2D eigenvalue weighted by atomic mass is 10.1. The Bertz CT molecular complexity index is 502. The van der Waals surface area contributed by atoms with Gasteiger partial charge in [-0.1, -0.05) is 19.1 Å². The number of hydrogen-bond acceptors (Lipinski definition) is 3. The average Bonchev–Trinajstić information content (AvgIpc) is 2.88. The molecule has 1 unspecified atom stereocenters. The summed E-state index contributed by atoms with van der Waals surface area (Å²) in [6, 6.07) is 5.25. The minimum Gasteiger partial charge on any atom is -0.305 e. The molecule has 0 aliphatic heterocycles.